The number of carbonyl (C=O) groups is 2. The van der Waals surface area contributed by atoms with E-state index < -0.39 is 11.7 Å². The first-order valence-corrected chi connectivity index (χ1v) is 9.14. The van der Waals surface area contributed by atoms with Crippen LogP contribution in [0.25, 0.3) is 0 Å². The molecule has 28 heavy (non-hydrogen) atoms. The molecule has 1 aliphatic heterocycles. The van der Waals surface area contributed by atoms with Gasteiger partial charge in [-0.05, 0) is 50.2 Å². The minimum Gasteiger partial charge on any atom is -0.472 e. The molecular formula is C20H24FN3O4. The number of carbonyl (C=O) groups excluding carboxylic acids is 2. The van der Waals surface area contributed by atoms with Crippen molar-refractivity contribution in [3.63, 3.8) is 0 Å². The Hall–Kier alpha value is -2.71. The van der Waals surface area contributed by atoms with Gasteiger partial charge in [0.05, 0.1) is 29.7 Å². The van der Waals surface area contributed by atoms with Gasteiger partial charge in [0.15, 0.2) is 0 Å². The molecule has 0 saturated carbocycles. The molecule has 7 nitrogen and oxygen atoms in total. The average molecular weight is 389 g/mol. The van der Waals surface area contributed by atoms with E-state index >= 15 is 0 Å². The second-order valence-corrected chi connectivity index (χ2v) is 7.02. The summed E-state index contributed by atoms with van der Waals surface area (Å²) in [5, 5.41) is 8.80. The molecule has 0 spiro atoms. The number of ether oxygens (including phenoxy) is 1. The second-order valence-electron chi connectivity index (χ2n) is 7.02. The van der Waals surface area contributed by atoms with Crippen LogP contribution in [-0.2, 0) is 4.74 Å². The molecule has 1 aromatic heterocycles. The van der Waals surface area contributed by atoms with E-state index in [0.717, 1.165) is 32.0 Å². The van der Waals surface area contributed by atoms with Crippen molar-refractivity contribution < 1.29 is 23.1 Å². The molecule has 1 fully saturated rings. The minimum atomic E-state index is -0.548. The van der Waals surface area contributed by atoms with Gasteiger partial charge in [0.1, 0.15) is 12.1 Å². The zero-order valence-electron chi connectivity index (χ0n) is 15.7. The average Bonchev–Trinajstić information content (AvgIpc) is 3.22. The first-order chi connectivity index (χ1) is 13.5. The Balaban J connectivity index is 1.73. The number of halogens is 1. The fourth-order valence-electron chi connectivity index (χ4n) is 3.40. The van der Waals surface area contributed by atoms with Gasteiger partial charge >= 0.3 is 0 Å². The van der Waals surface area contributed by atoms with E-state index in [9.17, 15) is 14.0 Å². The van der Waals surface area contributed by atoms with E-state index in [1.54, 1.807) is 7.11 Å². The van der Waals surface area contributed by atoms with Crippen LogP contribution in [-0.4, -0.2) is 45.2 Å². The van der Waals surface area contributed by atoms with Crippen molar-refractivity contribution in [2.45, 2.75) is 12.8 Å². The topological polar surface area (TPSA) is 92.6 Å². The lowest BCUT2D eigenvalue weighted by Crippen LogP contribution is -2.47. The Kier molecular flexibility index (Phi) is 6.43. The summed E-state index contributed by atoms with van der Waals surface area (Å²) in [6.07, 6.45) is 4.41. The number of hydrogen-bond acceptors (Lipinski definition) is 5. The molecule has 1 saturated heterocycles. The van der Waals surface area contributed by atoms with Gasteiger partial charge in [-0.15, -0.1) is 0 Å². The molecule has 3 N–H and O–H groups in total. The molecule has 1 aromatic carbocycles. The van der Waals surface area contributed by atoms with Gasteiger partial charge in [0, 0.05) is 19.1 Å². The Labute approximate surface area is 162 Å². The zero-order chi connectivity index (χ0) is 20.0. The van der Waals surface area contributed by atoms with Crippen molar-refractivity contribution in [3.05, 3.63) is 53.7 Å². The molecule has 1 aliphatic rings. The highest BCUT2D eigenvalue weighted by Crippen LogP contribution is 2.28. The summed E-state index contributed by atoms with van der Waals surface area (Å²) in [6, 6.07) is 5.17. The predicted octanol–water partition coefficient (Wildman–Crippen LogP) is 2.42. The van der Waals surface area contributed by atoms with Gasteiger partial charge in [0.25, 0.3) is 11.8 Å². The van der Waals surface area contributed by atoms with Gasteiger partial charge in [0.2, 0.25) is 0 Å². The number of methoxy groups -OCH3 is 1. The third-order valence-electron chi connectivity index (χ3n) is 5.00. The zero-order valence-corrected chi connectivity index (χ0v) is 15.7. The maximum absolute atomic E-state index is 13.7. The largest absolute Gasteiger partial charge is 0.472 e. The SMILES string of the molecule is COCC1(CNC(=O)c2ccc(F)cc2NC(=O)c2ccoc2)CCNCC1. The van der Waals surface area contributed by atoms with Gasteiger partial charge in [-0.25, -0.2) is 4.39 Å². The molecule has 0 unspecified atom stereocenters. The lowest BCUT2D eigenvalue weighted by atomic mass is 9.79. The maximum atomic E-state index is 13.7. The summed E-state index contributed by atoms with van der Waals surface area (Å²) in [4.78, 5) is 25.0. The highest BCUT2D eigenvalue weighted by molar-refractivity contribution is 6.08. The van der Waals surface area contributed by atoms with Crippen molar-refractivity contribution in [3.8, 4) is 0 Å². The fraction of sp³-hybridized carbons (Fsp3) is 0.400. The number of piperidine rings is 1. The third kappa shape index (κ3) is 4.76. The number of amides is 2. The maximum Gasteiger partial charge on any atom is 0.258 e. The highest BCUT2D eigenvalue weighted by atomic mass is 19.1. The van der Waals surface area contributed by atoms with Crippen molar-refractivity contribution in [1.82, 2.24) is 10.6 Å². The van der Waals surface area contributed by atoms with Crippen LogP contribution in [0.1, 0.15) is 33.6 Å². The molecule has 2 amide bonds. The molecule has 0 atom stereocenters. The van der Waals surface area contributed by atoms with E-state index in [2.05, 4.69) is 16.0 Å². The Morgan fingerprint density at radius 1 is 1.25 bits per heavy atom. The number of anilines is 1. The van der Waals surface area contributed by atoms with Gasteiger partial charge < -0.3 is 25.1 Å². The van der Waals surface area contributed by atoms with Crippen molar-refractivity contribution >= 4 is 17.5 Å². The summed E-state index contributed by atoms with van der Waals surface area (Å²) in [5.41, 5.74) is 0.439. The number of hydrogen-bond donors (Lipinski definition) is 3. The molecule has 0 bridgehead atoms. The van der Waals surface area contributed by atoms with Crippen LogP contribution in [0, 0.1) is 11.2 Å². The number of rotatable bonds is 7. The van der Waals surface area contributed by atoms with Crippen LogP contribution < -0.4 is 16.0 Å². The van der Waals surface area contributed by atoms with Crippen molar-refractivity contribution in [2.24, 2.45) is 5.41 Å². The quantitative estimate of drug-likeness (QED) is 0.676. The number of furan rings is 1. The lowest BCUT2D eigenvalue weighted by Gasteiger charge is -2.37. The van der Waals surface area contributed by atoms with Gasteiger partial charge in [-0.3, -0.25) is 9.59 Å². The molecule has 150 valence electrons. The molecule has 2 heterocycles. The smallest absolute Gasteiger partial charge is 0.258 e. The summed E-state index contributed by atoms with van der Waals surface area (Å²) >= 11 is 0. The molecule has 0 aliphatic carbocycles. The standard InChI is InChI=1S/C20H24FN3O4/c1-27-13-20(5-7-22-8-6-20)12-23-19(26)16-3-2-15(21)10-17(16)24-18(25)14-4-9-28-11-14/h2-4,9-11,22H,5-8,12-13H2,1H3,(H,23,26)(H,24,25). The van der Waals surface area contributed by atoms with Gasteiger partial charge in [-0.2, -0.15) is 0 Å². The lowest BCUT2D eigenvalue weighted by molar-refractivity contribution is 0.0512. The van der Waals surface area contributed by atoms with Crippen molar-refractivity contribution in [1.29, 1.82) is 0 Å². The molecule has 2 aromatic rings. The van der Waals surface area contributed by atoms with Crippen molar-refractivity contribution in [2.75, 3.05) is 38.7 Å². The third-order valence-corrected chi connectivity index (χ3v) is 5.00. The summed E-state index contributed by atoms with van der Waals surface area (Å²) in [5.74, 6) is -1.41. The predicted molar refractivity (Wildman–Crippen MR) is 102 cm³/mol. The highest BCUT2D eigenvalue weighted by Gasteiger charge is 2.32. The van der Waals surface area contributed by atoms with Crippen LogP contribution >= 0.6 is 0 Å². The monoisotopic (exact) mass is 389 g/mol. The Morgan fingerprint density at radius 2 is 2.04 bits per heavy atom. The molecular weight excluding hydrogens is 365 g/mol. The van der Waals surface area contributed by atoms with Crippen LogP contribution in [0.15, 0.2) is 41.2 Å². The van der Waals surface area contributed by atoms with Gasteiger partial charge in [-0.1, -0.05) is 0 Å². The van der Waals surface area contributed by atoms with Crippen LogP contribution in [0.3, 0.4) is 0 Å². The van der Waals surface area contributed by atoms with Crippen LogP contribution in [0.5, 0.6) is 0 Å². The molecule has 8 heteroatoms. The summed E-state index contributed by atoms with van der Waals surface area (Å²) in [6.45, 7) is 2.71. The molecule has 0 radical (unpaired) electrons. The Morgan fingerprint density at radius 3 is 2.71 bits per heavy atom. The minimum absolute atomic E-state index is 0.106. The second kappa shape index (κ2) is 8.99. The first kappa shape index (κ1) is 20.0. The first-order valence-electron chi connectivity index (χ1n) is 9.14. The van der Waals surface area contributed by atoms with E-state index in [4.69, 9.17) is 9.15 Å². The van der Waals surface area contributed by atoms with E-state index in [1.165, 1.54) is 30.7 Å². The van der Waals surface area contributed by atoms with E-state index in [1.807, 2.05) is 0 Å². The summed E-state index contributed by atoms with van der Waals surface area (Å²) in [7, 11) is 1.65. The summed E-state index contributed by atoms with van der Waals surface area (Å²) < 4.78 is 24.0. The number of nitrogens with one attached hydrogen (secondary N) is 3. The van der Waals surface area contributed by atoms with E-state index in [0.29, 0.717) is 13.2 Å². The van der Waals surface area contributed by atoms with Crippen LogP contribution in [0.2, 0.25) is 0 Å². The molecule has 3 rings (SSSR count). The normalized spacial score (nSPS) is 15.8. The number of benzene rings is 1. The van der Waals surface area contributed by atoms with E-state index in [-0.39, 0.29) is 28.1 Å². The fourth-order valence-corrected chi connectivity index (χ4v) is 3.40. The Bertz CT molecular complexity index is 811. The van der Waals surface area contributed by atoms with Crippen LogP contribution in [0.4, 0.5) is 10.1 Å².